The number of hydrogen-bond acceptors (Lipinski definition) is 3. The van der Waals surface area contributed by atoms with Gasteiger partial charge in [0.2, 0.25) is 0 Å². The predicted molar refractivity (Wildman–Crippen MR) is 65.1 cm³/mol. The van der Waals surface area contributed by atoms with E-state index in [2.05, 4.69) is 4.74 Å². The van der Waals surface area contributed by atoms with Crippen molar-refractivity contribution in [1.82, 2.24) is 0 Å². The van der Waals surface area contributed by atoms with E-state index in [1.54, 1.807) is 6.07 Å². The first-order valence-corrected chi connectivity index (χ1v) is 5.09. The minimum absolute atomic E-state index is 0. The zero-order valence-corrected chi connectivity index (χ0v) is 10.4. The van der Waals surface area contributed by atoms with Gasteiger partial charge in [0.25, 0.3) is 0 Å². The molecule has 2 rings (SSSR count). The predicted octanol–water partition coefficient (Wildman–Crippen LogP) is 3.65. The average Bonchev–Trinajstić information content (AvgIpc) is 2.80. The molecule has 3 nitrogen and oxygen atoms in total. The summed E-state index contributed by atoms with van der Waals surface area (Å²) in [6.07, 6.45) is -1.71. The number of rotatable bonds is 3. The maximum atomic E-state index is 12.0. The lowest BCUT2D eigenvalue weighted by Crippen LogP contribution is -2.17. The van der Waals surface area contributed by atoms with Gasteiger partial charge in [-0.3, -0.25) is 0 Å². The summed E-state index contributed by atoms with van der Waals surface area (Å²) in [5.41, 5.74) is 7.34. The zero-order valence-electron chi connectivity index (χ0n) is 9.55. The third-order valence-corrected chi connectivity index (χ3v) is 2.38. The maximum Gasteiger partial charge on any atom is 0.573 e. The van der Waals surface area contributed by atoms with Crippen LogP contribution in [0.15, 0.2) is 47.3 Å². The SMILES string of the molecule is Cl.N[C@H](c1ccc(OC(F)(F)F)cc1)c1ccoc1. The van der Waals surface area contributed by atoms with Crippen LogP contribution in [0.5, 0.6) is 5.75 Å². The third-order valence-electron chi connectivity index (χ3n) is 2.38. The van der Waals surface area contributed by atoms with Crippen LogP contribution >= 0.6 is 12.4 Å². The van der Waals surface area contributed by atoms with Crippen molar-refractivity contribution >= 4 is 12.4 Å². The summed E-state index contributed by atoms with van der Waals surface area (Å²) in [4.78, 5) is 0. The Morgan fingerprint density at radius 1 is 1.05 bits per heavy atom. The van der Waals surface area contributed by atoms with E-state index in [1.807, 2.05) is 0 Å². The third kappa shape index (κ3) is 4.18. The molecule has 0 fully saturated rings. The quantitative estimate of drug-likeness (QED) is 0.939. The second-order valence-corrected chi connectivity index (χ2v) is 3.65. The molecule has 0 amide bonds. The van der Waals surface area contributed by atoms with Crippen molar-refractivity contribution < 1.29 is 22.3 Å². The number of ether oxygens (including phenoxy) is 1. The molecule has 0 radical (unpaired) electrons. The van der Waals surface area contributed by atoms with Crippen molar-refractivity contribution in [3.63, 3.8) is 0 Å². The van der Waals surface area contributed by atoms with Crippen molar-refractivity contribution in [2.75, 3.05) is 0 Å². The minimum Gasteiger partial charge on any atom is -0.472 e. The molecule has 0 spiro atoms. The van der Waals surface area contributed by atoms with Gasteiger partial charge in [-0.1, -0.05) is 12.1 Å². The molecule has 0 bridgehead atoms. The molecule has 0 aliphatic rings. The van der Waals surface area contributed by atoms with E-state index >= 15 is 0 Å². The van der Waals surface area contributed by atoms with Crippen LogP contribution in [0.25, 0.3) is 0 Å². The molecule has 0 unspecified atom stereocenters. The molecular weight excluding hydrogens is 283 g/mol. The highest BCUT2D eigenvalue weighted by molar-refractivity contribution is 5.85. The van der Waals surface area contributed by atoms with Gasteiger partial charge in [0.05, 0.1) is 18.6 Å². The summed E-state index contributed by atoms with van der Waals surface area (Å²) >= 11 is 0. The van der Waals surface area contributed by atoms with Crippen LogP contribution in [0.4, 0.5) is 13.2 Å². The van der Waals surface area contributed by atoms with E-state index in [0.29, 0.717) is 5.56 Å². The molecule has 1 aromatic heterocycles. The van der Waals surface area contributed by atoms with Gasteiger partial charge in [0, 0.05) is 5.56 Å². The molecule has 0 aliphatic heterocycles. The van der Waals surface area contributed by atoms with E-state index in [9.17, 15) is 13.2 Å². The second-order valence-electron chi connectivity index (χ2n) is 3.65. The summed E-state index contributed by atoms with van der Waals surface area (Å²) in [6.45, 7) is 0. The van der Waals surface area contributed by atoms with Crippen molar-refractivity contribution in [2.45, 2.75) is 12.4 Å². The average molecular weight is 294 g/mol. The van der Waals surface area contributed by atoms with Gasteiger partial charge in [-0.2, -0.15) is 0 Å². The largest absolute Gasteiger partial charge is 0.573 e. The standard InChI is InChI=1S/C12H10F3NO2.ClH/c13-12(14,15)18-10-3-1-8(2-4-10)11(16)9-5-6-17-7-9;/h1-7,11H,16H2;1H/t11-;/m1./s1. The first kappa shape index (κ1) is 15.4. The summed E-state index contributed by atoms with van der Waals surface area (Å²) in [7, 11) is 0. The van der Waals surface area contributed by atoms with E-state index in [4.69, 9.17) is 10.2 Å². The van der Waals surface area contributed by atoms with Gasteiger partial charge in [-0.25, -0.2) is 0 Å². The van der Waals surface area contributed by atoms with Gasteiger partial charge in [0.1, 0.15) is 5.75 Å². The number of nitrogens with two attached hydrogens (primary N) is 1. The molecule has 104 valence electrons. The molecule has 1 heterocycles. The van der Waals surface area contributed by atoms with Crippen LogP contribution < -0.4 is 10.5 Å². The van der Waals surface area contributed by atoms with E-state index in [-0.39, 0.29) is 18.2 Å². The fourth-order valence-corrected chi connectivity index (χ4v) is 1.52. The summed E-state index contributed by atoms with van der Waals surface area (Å²) in [5.74, 6) is -0.273. The lowest BCUT2D eigenvalue weighted by molar-refractivity contribution is -0.274. The molecule has 19 heavy (non-hydrogen) atoms. The van der Waals surface area contributed by atoms with Crippen LogP contribution in [0.3, 0.4) is 0 Å². The highest BCUT2D eigenvalue weighted by Gasteiger charge is 2.31. The van der Waals surface area contributed by atoms with Gasteiger partial charge < -0.3 is 14.9 Å². The number of halogens is 4. The van der Waals surface area contributed by atoms with Crippen molar-refractivity contribution in [2.24, 2.45) is 5.73 Å². The maximum absolute atomic E-state index is 12.0. The normalized spacial score (nSPS) is 12.6. The van der Waals surface area contributed by atoms with Crippen LogP contribution in [0.2, 0.25) is 0 Å². The Morgan fingerprint density at radius 3 is 2.16 bits per heavy atom. The Labute approximate surface area is 113 Å². The fraction of sp³-hybridized carbons (Fsp3) is 0.167. The van der Waals surface area contributed by atoms with Gasteiger partial charge in [0.15, 0.2) is 0 Å². The lowest BCUT2D eigenvalue weighted by atomic mass is 10.0. The Hall–Kier alpha value is -1.66. The fourth-order valence-electron chi connectivity index (χ4n) is 1.52. The van der Waals surface area contributed by atoms with Crippen LogP contribution in [-0.2, 0) is 0 Å². The Morgan fingerprint density at radius 2 is 1.68 bits per heavy atom. The number of furan rings is 1. The Kier molecular flexibility index (Phi) is 4.85. The Bertz CT molecular complexity index is 497. The molecule has 0 saturated carbocycles. The van der Waals surface area contributed by atoms with E-state index in [1.165, 1.54) is 36.8 Å². The molecule has 7 heteroatoms. The van der Waals surface area contributed by atoms with Crippen LogP contribution in [0.1, 0.15) is 17.2 Å². The smallest absolute Gasteiger partial charge is 0.472 e. The molecule has 0 aliphatic carbocycles. The summed E-state index contributed by atoms with van der Waals surface area (Å²) in [5, 5.41) is 0. The molecule has 2 aromatic rings. The number of benzene rings is 1. The van der Waals surface area contributed by atoms with Crippen molar-refractivity contribution in [3.8, 4) is 5.75 Å². The number of hydrogen-bond donors (Lipinski definition) is 1. The highest BCUT2D eigenvalue weighted by atomic mass is 35.5. The van der Waals surface area contributed by atoms with Gasteiger partial charge in [-0.15, -0.1) is 25.6 Å². The summed E-state index contributed by atoms with van der Waals surface area (Å²) in [6, 6.07) is 6.68. The van der Waals surface area contributed by atoms with Gasteiger partial charge >= 0.3 is 6.36 Å². The van der Waals surface area contributed by atoms with Crippen molar-refractivity contribution in [1.29, 1.82) is 0 Å². The molecular formula is C12H11ClF3NO2. The first-order chi connectivity index (χ1) is 8.46. The lowest BCUT2D eigenvalue weighted by Gasteiger charge is -2.12. The topological polar surface area (TPSA) is 48.4 Å². The second kappa shape index (κ2) is 5.99. The van der Waals surface area contributed by atoms with E-state index in [0.717, 1.165) is 5.56 Å². The van der Waals surface area contributed by atoms with Crippen LogP contribution in [0, 0.1) is 0 Å². The summed E-state index contributed by atoms with van der Waals surface area (Å²) < 4.78 is 44.6. The van der Waals surface area contributed by atoms with Crippen LogP contribution in [-0.4, -0.2) is 6.36 Å². The number of alkyl halides is 3. The molecule has 1 atom stereocenters. The van der Waals surface area contributed by atoms with E-state index < -0.39 is 12.4 Å². The monoisotopic (exact) mass is 293 g/mol. The highest BCUT2D eigenvalue weighted by Crippen LogP contribution is 2.26. The molecule has 1 aromatic carbocycles. The zero-order chi connectivity index (χ0) is 13.2. The molecule has 0 saturated heterocycles. The molecule has 2 N–H and O–H groups in total. The first-order valence-electron chi connectivity index (χ1n) is 5.09. The van der Waals surface area contributed by atoms with Crippen molar-refractivity contribution in [3.05, 3.63) is 54.0 Å². The Balaban J connectivity index is 0.00000180. The minimum atomic E-state index is -4.69. The van der Waals surface area contributed by atoms with Gasteiger partial charge in [-0.05, 0) is 23.8 Å².